The van der Waals surface area contributed by atoms with Crippen molar-refractivity contribution in [2.75, 3.05) is 52.6 Å². The number of piperidine rings is 1. The fourth-order valence-electron chi connectivity index (χ4n) is 4.88. The van der Waals surface area contributed by atoms with Gasteiger partial charge in [0.1, 0.15) is 0 Å². The van der Waals surface area contributed by atoms with Crippen LogP contribution in [0.1, 0.15) is 51.2 Å². The Morgan fingerprint density at radius 1 is 1.16 bits per heavy atom. The molecule has 2 aliphatic rings. The maximum atomic E-state index is 5.81. The molecule has 2 aliphatic heterocycles. The van der Waals surface area contributed by atoms with Crippen molar-refractivity contribution < 1.29 is 9.47 Å². The van der Waals surface area contributed by atoms with E-state index in [-0.39, 0.29) is 0 Å². The van der Waals surface area contributed by atoms with Crippen molar-refractivity contribution in [1.82, 2.24) is 15.5 Å². The maximum absolute atomic E-state index is 5.81. The summed E-state index contributed by atoms with van der Waals surface area (Å²) in [5.74, 6) is 3.03. The molecule has 2 heterocycles. The normalized spacial score (nSPS) is 24.6. The number of nitrogens with one attached hydrogen (secondary N) is 2. The lowest BCUT2D eigenvalue weighted by atomic mass is 9.91. The summed E-state index contributed by atoms with van der Waals surface area (Å²) in [6.45, 7) is 16.0. The van der Waals surface area contributed by atoms with Crippen molar-refractivity contribution >= 4 is 5.96 Å². The first kappa shape index (κ1) is 25.0. The topological polar surface area (TPSA) is 58.1 Å². The van der Waals surface area contributed by atoms with Crippen molar-refractivity contribution in [1.29, 1.82) is 0 Å². The Kier molecular flexibility index (Phi) is 10.8. The summed E-state index contributed by atoms with van der Waals surface area (Å²) in [5, 5.41) is 6.83. The van der Waals surface area contributed by atoms with Crippen LogP contribution < -0.4 is 10.6 Å². The minimum Gasteiger partial charge on any atom is -0.381 e. The number of benzene rings is 1. The molecule has 2 saturated heterocycles. The van der Waals surface area contributed by atoms with Gasteiger partial charge >= 0.3 is 0 Å². The lowest BCUT2D eigenvalue weighted by molar-refractivity contribution is 0.0888. The molecular weight excluding hydrogens is 400 g/mol. The van der Waals surface area contributed by atoms with Crippen molar-refractivity contribution in [3.8, 4) is 0 Å². The van der Waals surface area contributed by atoms with Gasteiger partial charge in [0, 0.05) is 51.9 Å². The Hall–Kier alpha value is -1.63. The van der Waals surface area contributed by atoms with E-state index >= 15 is 0 Å². The van der Waals surface area contributed by atoms with Gasteiger partial charge in [-0.05, 0) is 49.1 Å². The first-order valence-electron chi connectivity index (χ1n) is 12.6. The van der Waals surface area contributed by atoms with Crippen LogP contribution in [0.4, 0.5) is 0 Å². The second-order valence-corrected chi connectivity index (χ2v) is 9.69. The molecule has 0 saturated carbocycles. The molecule has 2 N–H and O–H groups in total. The van der Waals surface area contributed by atoms with E-state index in [1.165, 1.54) is 30.6 Å². The van der Waals surface area contributed by atoms with Crippen LogP contribution in [0.3, 0.4) is 0 Å². The minimum absolute atomic E-state index is 0.582. The summed E-state index contributed by atoms with van der Waals surface area (Å²) in [4.78, 5) is 7.48. The van der Waals surface area contributed by atoms with Crippen molar-refractivity contribution in [3.63, 3.8) is 0 Å². The van der Waals surface area contributed by atoms with E-state index in [2.05, 4.69) is 60.6 Å². The Labute approximate surface area is 195 Å². The largest absolute Gasteiger partial charge is 0.381 e. The van der Waals surface area contributed by atoms with Crippen LogP contribution in [-0.4, -0.2) is 63.5 Å². The third-order valence-corrected chi connectivity index (χ3v) is 6.34. The van der Waals surface area contributed by atoms with Gasteiger partial charge in [-0.1, -0.05) is 38.1 Å². The summed E-state index contributed by atoms with van der Waals surface area (Å²) in [6, 6.07) is 8.77. The zero-order valence-corrected chi connectivity index (χ0v) is 20.4. The highest BCUT2D eigenvalue weighted by Crippen LogP contribution is 2.23. The number of hydrogen-bond donors (Lipinski definition) is 2. The van der Waals surface area contributed by atoms with Gasteiger partial charge in [-0.25, -0.2) is 4.99 Å². The molecule has 3 atom stereocenters. The van der Waals surface area contributed by atoms with Crippen LogP contribution in [0.15, 0.2) is 29.3 Å². The van der Waals surface area contributed by atoms with Crippen molar-refractivity contribution in [2.24, 2.45) is 22.7 Å². The summed E-state index contributed by atoms with van der Waals surface area (Å²) in [7, 11) is 0. The van der Waals surface area contributed by atoms with Crippen LogP contribution in [0, 0.1) is 17.8 Å². The van der Waals surface area contributed by atoms with E-state index in [0.29, 0.717) is 12.5 Å². The molecule has 2 fully saturated rings. The maximum Gasteiger partial charge on any atom is 0.191 e. The van der Waals surface area contributed by atoms with Gasteiger partial charge in [0.25, 0.3) is 0 Å². The monoisotopic (exact) mass is 444 g/mol. The Bertz CT molecular complexity index is 680. The van der Waals surface area contributed by atoms with E-state index in [4.69, 9.17) is 14.5 Å². The second kappa shape index (κ2) is 13.8. The van der Waals surface area contributed by atoms with Crippen molar-refractivity contribution in [3.05, 3.63) is 35.4 Å². The third kappa shape index (κ3) is 8.72. The van der Waals surface area contributed by atoms with E-state index in [1.807, 2.05) is 0 Å². The van der Waals surface area contributed by atoms with Gasteiger partial charge in [0.2, 0.25) is 0 Å². The Morgan fingerprint density at radius 2 is 1.94 bits per heavy atom. The van der Waals surface area contributed by atoms with Gasteiger partial charge < -0.3 is 20.1 Å². The molecule has 3 unspecified atom stereocenters. The molecule has 6 heteroatoms. The first-order chi connectivity index (χ1) is 15.6. The molecule has 3 rings (SSSR count). The average molecular weight is 445 g/mol. The predicted octanol–water partition coefficient (Wildman–Crippen LogP) is 3.66. The van der Waals surface area contributed by atoms with Gasteiger partial charge in [0.15, 0.2) is 5.96 Å². The molecule has 0 amide bonds. The number of likely N-dealkylation sites (tertiary alicyclic amines) is 1. The number of aliphatic imine (C=N–C) groups is 1. The average Bonchev–Trinajstić information content (AvgIpc) is 3.28. The fourth-order valence-corrected chi connectivity index (χ4v) is 4.88. The van der Waals surface area contributed by atoms with E-state index in [0.717, 1.165) is 76.7 Å². The van der Waals surface area contributed by atoms with Crippen LogP contribution in [0.2, 0.25) is 0 Å². The van der Waals surface area contributed by atoms with Gasteiger partial charge in [-0.2, -0.15) is 0 Å². The molecular formula is C26H44N4O2. The standard InChI is InChI=1S/C26H44N4O2/c1-4-27-26(28-11-7-12-31-19-23-10-13-32-20-23)29-15-24-8-5-6-9-25(24)18-30-16-21(2)14-22(3)17-30/h5-6,8-9,21-23H,4,7,10-20H2,1-3H3,(H2,27,28,29). The Morgan fingerprint density at radius 3 is 2.66 bits per heavy atom. The molecule has 0 bridgehead atoms. The van der Waals surface area contributed by atoms with Gasteiger partial charge in [0.05, 0.1) is 19.8 Å². The van der Waals surface area contributed by atoms with Crippen LogP contribution in [0.25, 0.3) is 0 Å². The molecule has 1 aromatic rings. The lowest BCUT2D eigenvalue weighted by Crippen LogP contribution is -2.38. The van der Waals surface area contributed by atoms with Gasteiger partial charge in [-0.15, -0.1) is 0 Å². The molecule has 0 aliphatic carbocycles. The fraction of sp³-hybridized carbons (Fsp3) is 0.731. The van der Waals surface area contributed by atoms with Crippen LogP contribution >= 0.6 is 0 Å². The minimum atomic E-state index is 0.582. The smallest absolute Gasteiger partial charge is 0.191 e. The quantitative estimate of drug-likeness (QED) is 0.310. The number of nitrogens with zero attached hydrogens (tertiary/aromatic N) is 2. The van der Waals surface area contributed by atoms with Crippen LogP contribution in [-0.2, 0) is 22.6 Å². The predicted molar refractivity (Wildman–Crippen MR) is 132 cm³/mol. The summed E-state index contributed by atoms with van der Waals surface area (Å²) in [6.07, 6.45) is 3.45. The third-order valence-electron chi connectivity index (χ3n) is 6.34. The highest BCUT2D eigenvalue weighted by Gasteiger charge is 2.22. The molecule has 180 valence electrons. The molecule has 32 heavy (non-hydrogen) atoms. The molecule has 0 radical (unpaired) electrons. The number of guanidine groups is 1. The summed E-state index contributed by atoms with van der Waals surface area (Å²) >= 11 is 0. The second-order valence-electron chi connectivity index (χ2n) is 9.69. The number of rotatable bonds is 11. The zero-order valence-electron chi connectivity index (χ0n) is 20.4. The lowest BCUT2D eigenvalue weighted by Gasteiger charge is -2.35. The van der Waals surface area contributed by atoms with Crippen LogP contribution in [0.5, 0.6) is 0 Å². The molecule has 0 aromatic heterocycles. The van der Waals surface area contributed by atoms with Crippen molar-refractivity contribution in [2.45, 2.75) is 53.1 Å². The van der Waals surface area contributed by atoms with E-state index < -0.39 is 0 Å². The highest BCUT2D eigenvalue weighted by atomic mass is 16.5. The SMILES string of the molecule is CCNC(=NCc1ccccc1CN1CC(C)CC(C)C1)NCCCOCC1CCOC1. The number of ether oxygens (including phenoxy) is 2. The Balaban J connectivity index is 1.45. The zero-order chi connectivity index (χ0) is 22.6. The molecule has 0 spiro atoms. The van der Waals surface area contributed by atoms with E-state index in [1.54, 1.807) is 0 Å². The first-order valence-corrected chi connectivity index (χ1v) is 12.6. The number of hydrogen-bond acceptors (Lipinski definition) is 4. The highest BCUT2D eigenvalue weighted by molar-refractivity contribution is 5.79. The van der Waals surface area contributed by atoms with E-state index in [9.17, 15) is 0 Å². The molecule has 1 aromatic carbocycles. The summed E-state index contributed by atoms with van der Waals surface area (Å²) < 4.78 is 11.2. The summed E-state index contributed by atoms with van der Waals surface area (Å²) in [5.41, 5.74) is 2.72. The molecule has 6 nitrogen and oxygen atoms in total. The van der Waals surface area contributed by atoms with Gasteiger partial charge in [-0.3, -0.25) is 4.90 Å².